The van der Waals surface area contributed by atoms with Gasteiger partial charge in [0.05, 0.1) is 0 Å². The standard InChI is InChI=1S/C3H8NO/c1-4-3-5-2/h3H2,1-2H3. The molecule has 31 valence electrons. The molecule has 0 saturated carbocycles. The summed E-state index contributed by atoms with van der Waals surface area (Å²) < 4.78 is 4.52. The fourth-order valence-electron chi connectivity index (χ4n) is 0.129. The van der Waals surface area contributed by atoms with Crippen molar-refractivity contribution in [3.8, 4) is 0 Å². The zero-order valence-corrected chi connectivity index (χ0v) is 3.56. The molecule has 0 unspecified atom stereocenters. The molecule has 0 aromatic heterocycles. The highest BCUT2D eigenvalue weighted by atomic mass is 16.5. The van der Waals surface area contributed by atoms with Crippen LogP contribution in [0.5, 0.6) is 0 Å². The Morgan fingerprint density at radius 2 is 2.40 bits per heavy atom. The summed E-state index contributed by atoms with van der Waals surface area (Å²) in [5.74, 6) is 0. The van der Waals surface area contributed by atoms with Crippen molar-refractivity contribution in [3.63, 3.8) is 0 Å². The fourth-order valence-corrected chi connectivity index (χ4v) is 0.129. The summed E-state index contributed by atoms with van der Waals surface area (Å²) >= 11 is 0. The van der Waals surface area contributed by atoms with Crippen LogP contribution in [0.1, 0.15) is 0 Å². The molecule has 0 aliphatic carbocycles. The van der Waals surface area contributed by atoms with Crippen molar-refractivity contribution in [2.24, 2.45) is 0 Å². The lowest BCUT2D eigenvalue weighted by Crippen LogP contribution is -1.99. The van der Waals surface area contributed by atoms with Crippen LogP contribution >= 0.6 is 0 Å². The molecule has 2 heteroatoms. The van der Waals surface area contributed by atoms with E-state index in [9.17, 15) is 0 Å². The number of hydrogen-bond donors (Lipinski definition) is 0. The van der Waals surface area contributed by atoms with Crippen molar-refractivity contribution < 1.29 is 4.74 Å². The Morgan fingerprint density at radius 3 is 2.40 bits per heavy atom. The SMILES string of the molecule is C[N]COC. The van der Waals surface area contributed by atoms with Gasteiger partial charge in [-0.2, -0.15) is 0 Å². The summed E-state index contributed by atoms with van der Waals surface area (Å²) in [6.07, 6.45) is 0. The molecule has 0 aliphatic heterocycles. The first kappa shape index (κ1) is 4.92. The molecule has 0 aromatic rings. The maximum absolute atomic E-state index is 4.52. The van der Waals surface area contributed by atoms with Crippen LogP contribution in [0.3, 0.4) is 0 Å². The van der Waals surface area contributed by atoms with E-state index in [1.807, 2.05) is 0 Å². The van der Waals surface area contributed by atoms with E-state index in [2.05, 4.69) is 10.1 Å². The second kappa shape index (κ2) is 3.92. The lowest BCUT2D eigenvalue weighted by molar-refractivity contribution is 0.180. The highest BCUT2D eigenvalue weighted by Crippen LogP contribution is 1.51. The molecule has 0 heterocycles. The number of rotatable bonds is 2. The normalized spacial score (nSPS) is 8.40. The first-order valence-corrected chi connectivity index (χ1v) is 1.46. The minimum Gasteiger partial charge on any atom is -0.368 e. The summed E-state index contributed by atoms with van der Waals surface area (Å²) in [6.45, 7) is 0.514. The van der Waals surface area contributed by atoms with Crippen molar-refractivity contribution >= 4 is 0 Å². The summed E-state index contributed by atoms with van der Waals surface area (Å²) in [5.41, 5.74) is 0. The van der Waals surface area contributed by atoms with Crippen LogP contribution in [0.2, 0.25) is 0 Å². The van der Waals surface area contributed by atoms with E-state index in [1.165, 1.54) is 0 Å². The first-order valence-electron chi connectivity index (χ1n) is 1.46. The molecule has 0 N–H and O–H groups in total. The Labute approximate surface area is 32.1 Å². The van der Waals surface area contributed by atoms with Crippen LogP contribution in [0.25, 0.3) is 0 Å². The van der Waals surface area contributed by atoms with E-state index in [4.69, 9.17) is 0 Å². The van der Waals surface area contributed by atoms with Crippen LogP contribution in [-0.2, 0) is 4.74 Å². The third kappa shape index (κ3) is 3.92. The minimum absolute atomic E-state index is 0.514. The highest BCUT2D eigenvalue weighted by Gasteiger charge is 1.64. The molecule has 0 saturated heterocycles. The maximum atomic E-state index is 4.52. The molecular weight excluding hydrogens is 66.0 g/mol. The van der Waals surface area contributed by atoms with E-state index >= 15 is 0 Å². The molecule has 0 aliphatic rings. The van der Waals surface area contributed by atoms with E-state index in [0.717, 1.165) is 0 Å². The van der Waals surface area contributed by atoms with Crippen LogP contribution in [0, 0.1) is 0 Å². The van der Waals surface area contributed by atoms with Gasteiger partial charge in [-0.25, -0.2) is 5.32 Å². The molecule has 1 radical (unpaired) electrons. The average molecular weight is 74.1 g/mol. The van der Waals surface area contributed by atoms with E-state index in [-0.39, 0.29) is 0 Å². The monoisotopic (exact) mass is 74.1 g/mol. The van der Waals surface area contributed by atoms with Crippen molar-refractivity contribution in [2.45, 2.75) is 0 Å². The fraction of sp³-hybridized carbons (Fsp3) is 1.00. The zero-order valence-electron chi connectivity index (χ0n) is 3.56. The van der Waals surface area contributed by atoms with Crippen LogP contribution in [0.4, 0.5) is 0 Å². The lowest BCUT2D eigenvalue weighted by Gasteiger charge is -1.85. The topological polar surface area (TPSA) is 23.3 Å². The van der Waals surface area contributed by atoms with Gasteiger partial charge >= 0.3 is 0 Å². The van der Waals surface area contributed by atoms with Crippen LogP contribution < -0.4 is 5.32 Å². The van der Waals surface area contributed by atoms with Gasteiger partial charge < -0.3 is 4.74 Å². The first-order chi connectivity index (χ1) is 2.41. The van der Waals surface area contributed by atoms with E-state index < -0.39 is 0 Å². The zero-order chi connectivity index (χ0) is 4.12. The van der Waals surface area contributed by atoms with Gasteiger partial charge in [0.1, 0.15) is 6.73 Å². The van der Waals surface area contributed by atoms with Gasteiger partial charge in [-0.3, -0.25) is 0 Å². The molecule has 0 bridgehead atoms. The molecule has 0 amide bonds. The van der Waals surface area contributed by atoms with Crippen molar-refractivity contribution in [1.29, 1.82) is 0 Å². The predicted molar refractivity (Wildman–Crippen MR) is 19.9 cm³/mol. The van der Waals surface area contributed by atoms with Gasteiger partial charge in [0, 0.05) is 14.2 Å². The second-order valence-electron chi connectivity index (χ2n) is 0.734. The van der Waals surface area contributed by atoms with Crippen LogP contribution in [0.15, 0.2) is 0 Å². The largest absolute Gasteiger partial charge is 0.368 e. The average Bonchev–Trinajstić information content (AvgIpc) is 1.41. The Balaban J connectivity index is 2.19. The molecule has 0 rings (SSSR count). The molecule has 2 nitrogen and oxygen atoms in total. The highest BCUT2D eigenvalue weighted by molar-refractivity contribution is 4.06. The minimum atomic E-state index is 0.514. The predicted octanol–water partition coefficient (Wildman–Crippen LogP) is -0.175. The molecular formula is C3H8NO. The number of nitrogens with zero attached hydrogens (tertiary/aromatic N) is 1. The number of hydrogen-bond acceptors (Lipinski definition) is 1. The van der Waals surface area contributed by atoms with Gasteiger partial charge in [0.25, 0.3) is 0 Å². The summed E-state index contributed by atoms with van der Waals surface area (Å²) in [6, 6.07) is 0. The van der Waals surface area contributed by atoms with E-state index in [0.29, 0.717) is 6.73 Å². The molecule has 0 aromatic carbocycles. The van der Waals surface area contributed by atoms with Gasteiger partial charge in [0.15, 0.2) is 0 Å². The van der Waals surface area contributed by atoms with Gasteiger partial charge in [0.2, 0.25) is 0 Å². The number of methoxy groups -OCH3 is 1. The third-order valence-electron chi connectivity index (χ3n) is 0.258. The Hall–Kier alpha value is -0.0800. The van der Waals surface area contributed by atoms with E-state index in [1.54, 1.807) is 14.2 Å². The van der Waals surface area contributed by atoms with Gasteiger partial charge in [-0.1, -0.05) is 0 Å². The van der Waals surface area contributed by atoms with Gasteiger partial charge in [-0.15, -0.1) is 0 Å². The molecule has 0 atom stereocenters. The summed E-state index contributed by atoms with van der Waals surface area (Å²) in [7, 11) is 3.33. The lowest BCUT2D eigenvalue weighted by atomic mass is 11.2. The molecule has 0 fully saturated rings. The van der Waals surface area contributed by atoms with Crippen molar-refractivity contribution in [3.05, 3.63) is 0 Å². The second-order valence-corrected chi connectivity index (χ2v) is 0.734. The van der Waals surface area contributed by atoms with Gasteiger partial charge in [-0.05, 0) is 0 Å². The van der Waals surface area contributed by atoms with Crippen LogP contribution in [-0.4, -0.2) is 20.9 Å². The molecule has 5 heavy (non-hydrogen) atoms. The maximum Gasteiger partial charge on any atom is 0.111 e. The summed E-state index contributed by atoms with van der Waals surface area (Å²) in [4.78, 5) is 0. The Kier molecular flexibility index (Phi) is 3.86. The third-order valence-corrected chi connectivity index (χ3v) is 0.258. The quantitative estimate of drug-likeness (QED) is 0.446. The van der Waals surface area contributed by atoms with Crippen molar-refractivity contribution in [1.82, 2.24) is 5.32 Å². The van der Waals surface area contributed by atoms with Crippen molar-refractivity contribution in [2.75, 3.05) is 20.9 Å². The Bertz CT molecular complexity index is 14.4. The smallest absolute Gasteiger partial charge is 0.111 e. The molecule has 0 spiro atoms. The Morgan fingerprint density at radius 1 is 1.80 bits per heavy atom. The summed E-state index contributed by atoms with van der Waals surface area (Å²) in [5, 5.41) is 3.63. The number of ether oxygens (including phenoxy) is 1.